The van der Waals surface area contributed by atoms with Crippen LogP contribution in [0.25, 0.3) is 10.9 Å². The van der Waals surface area contributed by atoms with Crippen LogP contribution in [-0.2, 0) is 6.42 Å². The monoisotopic (exact) mass is 221 g/mol. The predicted molar refractivity (Wildman–Crippen MR) is 72.3 cm³/mol. The first-order valence-corrected chi connectivity index (χ1v) is 5.93. The molecule has 84 valence electrons. The van der Waals surface area contributed by atoms with E-state index >= 15 is 0 Å². The Morgan fingerprint density at radius 2 is 1.76 bits per heavy atom. The van der Waals surface area contributed by atoms with Gasteiger partial charge in [-0.1, -0.05) is 42.0 Å². The van der Waals surface area contributed by atoms with Crippen LogP contribution < -0.4 is 0 Å². The first kappa shape index (κ1) is 10.2. The Hall–Kier alpha value is -2.02. The lowest BCUT2D eigenvalue weighted by molar-refractivity contribution is 1.12. The van der Waals surface area contributed by atoms with Crippen LogP contribution in [-0.4, -0.2) is 4.98 Å². The van der Waals surface area contributed by atoms with E-state index in [0.29, 0.717) is 0 Å². The summed E-state index contributed by atoms with van der Waals surface area (Å²) in [6.45, 7) is 2.13. The molecule has 0 radical (unpaired) electrons. The van der Waals surface area contributed by atoms with Gasteiger partial charge in [0, 0.05) is 17.6 Å². The zero-order chi connectivity index (χ0) is 11.7. The third-order valence-electron chi connectivity index (χ3n) is 3.07. The van der Waals surface area contributed by atoms with E-state index in [0.717, 1.165) is 6.42 Å². The lowest BCUT2D eigenvalue weighted by atomic mass is 10.1. The van der Waals surface area contributed by atoms with E-state index in [9.17, 15) is 0 Å². The van der Waals surface area contributed by atoms with E-state index in [1.54, 1.807) is 0 Å². The molecule has 0 spiro atoms. The summed E-state index contributed by atoms with van der Waals surface area (Å²) in [6.07, 6.45) is 0.967. The largest absolute Gasteiger partial charge is 0.358 e. The van der Waals surface area contributed by atoms with Crippen molar-refractivity contribution in [2.24, 2.45) is 0 Å². The van der Waals surface area contributed by atoms with Gasteiger partial charge in [-0.3, -0.25) is 0 Å². The third-order valence-corrected chi connectivity index (χ3v) is 3.07. The highest BCUT2D eigenvalue weighted by atomic mass is 14.7. The first-order valence-electron chi connectivity index (χ1n) is 5.93. The molecule has 0 saturated heterocycles. The van der Waals surface area contributed by atoms with Gasteiger partial charge in [0.2, 0.25) is 0 Å². The lowest BCUT2D eigenvalue weighted by Gasteiger charge is -1.97. The second-order valence-electron chi connectivity index (χ2n) is 4.55. The van der Waals surface area contributed by atoms with E-state index < -0.39 is 0 Å². The van der Waals surface area contributed by atoms with Crippen LogP contribution in [0.2, 0.25) is 0 Å². The molecule has 1 heterocycles. The maximum atomic E-state index is 3.47. The molecule has 0 aliphatic carbocycles. The van der Waals surface area contributed by atoms with E-state index in [1.165, 1.54) is 27.7 Å². The second-order valence-corrected chi connectivity index (χ2v) is 4.55. The number of aryl methyl sites for hydroxylation is 1. The molecule has 1 aromatic heterocycles. The zero-order valence-electron chi connectivity index (χ0n) is 9.90. The van der Waals surface area contributed by atoms with Crippen LogP contribution in [0.4, 0.5) is 0 Å². The number of fused-ring (bicyclic) bond motifs is 1. The van der Waals surface area contributed by atoms with Crippen LogP contribution in [0.15, 0.2) is 54.6 Å². The lowest BCUT2D eigenvalue weighted by Crippen LogP contribution is -1.86. The minimum Gasteiger partial charge on any atom is -0.358 e. The fraction of sp³-hybridized carbons (Fsp3) is 0.125. The SMILES string of the molecule is Cc1ccc2[nH]c(Cc3ccccc3)cc2c1. The van der Waals surface area contributed by atoms with Gasteiger partial charge in [0.25, 0.3) is 0 Å². The van der Waals surface area contributed by atoms with Gasteiger partial charge in [0.15, 0.2) is 0 Å². The van der Waals surface area contributed by atoms with Gasteiger partial charge < -0.3 is 4.98 Å². The van der Waals surface area contributed by atoms with Crippen molar-refractivity contribution in [2.45, 2.75) is 13.3 Å². The molecule has 1 nitrogen and oxygen atoms in total. The van der Waals surface area contributed by atoms with Crippen molar-refractivity contribution in [2.75, 3.05) is 0 Å². The fourth-order valence-corrected chi connectivity index (χ4v) is 2.22. The number of H-pyrrole nitrogens is 1. The van der Waals surface area contributed by atoms with Crippen molar-refractivity contribution in [1.82, 2.24) is 4.98 Å². The molecule has 0 bridgehead atoms. The number of nitrogens with one attached hydrogen (secondary N) is 1. The van der Waals surface area contributed by atoms with Gasteiger partial charge in [0.05, 0.1) is 0 Å². The van der Waals surface area contributed by atoms with Crippen molar-refractivity contribution in [3.05, 3.63) is 71.4 Å². The zero-order valence-corrected chi connectivity index (χ0v) is 9.90. The number of hydrogen-bond donors (Lipinski definition) is 1. The summed E-state index contributed by atoms with van der Waals surface area (Å²) < 4.78 is 0. The summed E-state index contributed by atoms with van der Waals surface area (Å²) in [5.41, 5.74) is 5.15. The van der Waals surface area contributed by atoms with Crippen molar-refractivity contribution in [1.29, 1.82) is 0 Å². The van der Waals surface area contributed by atoms with Gasteiger partial charge in [-0.05, 0) is 36.1 Å². The molecule has 0 aliphatic rings. The number of hydrogen-bond acceptors (Lipinski definition) is 0. The minimum atomic E-state index is 0.967. The number of rotatable bonds is 2. The average Bonchev–Trinajstić information content (AvgIpc) is 2.71. The fourth-order valence-electron chi connectivity index (χ4n) is 2.22. The quantitative estimate of drug-likeness (QED) is 0.671. The first-order chi connectivity index (χ1) is 8.31. The molecule has 0 fully saturated rings. The Morgan fingerprint density at radius 1 is 0.941 bits per heavy atom. The molecule has 0 atom stereocenters. The molecule has 1 heteroatoms. The Bertz CT molecular complexity index is 635. The highest BCUT2D eigenvalue weighted by Gasteiger charge is 2.01. The number of aromatic nitrogens is 1. The maximum Gasteiger partial charge on any atom is 0.0456 e. The number of benzene rings is 2. The Kier molecular flexibility index (Phi) is 2.45. The standard InChI is InChI=1S/C16H15N/c1-12-7-8-16-14(9-12)11-15(17-16)10-13-5-3-2-4-6-13/h2-9,11,17H,10H2,1H3. The van der Waals surface area contributed by atoms with Crippen LogP contribution in [0, 0.1) is 6.92 Å². The van der Waals surface area contributed by atoms with Crippen LogP contribution in [0.5, 0.6) is 0 Å². The molecule has 0 aliphatic heterocycles. The van der Waals surface area contributed by atoms with Gasteiger partial charge in [-0.2, -0.15) is 0 Å². The number of aromatic amines is 1. The molecular weight excluding hydrogens is 206 g/mol. The van der Waals surface area contributed by atoms with Gasteiger partial charge in [0.1, 0.15) is 0 Å². The smallest absolute Gasteiger partial charge is 0.0456 e. The summed E-state index contributed by atoms with van der Waals surface area (Å²) in [6, 6.07) is 19.3. The van der Waals surface area contributed by atoms with Crippen molar-refractivity contribution in [3.8, 4) is 0 Å². The molecule has 1 N–H and O–H groups in total. The third kappa shape index (κ3) is 2.09. The van der Waals surface area contributed by atoms with E-state index in [2.05, 4.69) is 66.5 Å². The average molecular weight is 221 g/mol. The molecule has 0 amide bonds. The molecular formula is C16H15N. The molecule has 2 aromatic carbocycles. The molecule has 3 aromatic rings. The van der Waals surface area contributed by atoms with Gasteiger partial charge >= 0.3 is 0 Å². The van der Waals surface area contributed by atoms with Crippen molar-refractivity contribution < 1.29 is 0 Å². The minimum absolute atomic E-state index is 0.967. The highest BCUT2D eigenvalue weighted by molar-refractivity contribution is 5.81. The summed E-state index contributed by atoms with van der Waals surface area (Å²) >= 11 is 0. The molecule has 0 saturated carbocycles. The Balaban J connectivity index is 1.96. The topological polar surface area (TPSA) is 15.8 Å². The molecule has 3 rings (SSSR count). The van der Waals surface area contributed by atoms with E-state index in [1.807, 2.05) is 0 Å². The second kappa shape index (κ2) is 4.10. The van der Waals surface area contributed by atoms with Crippen LogP contribution >= 0.6 is 0 Å². The normalized spacial score (nSPS) is 10.9. The summed E-state index contributed by atoms with van der Waals surface area (Å²) in [5.74, 6) is 0. The Morgan fingerprint density at radius 3 is 2.59 bits per heavy atom. The van der Waals surface area contributed by atoms with Gasteiger partial charge in [-0.15, -0.1) is 0 Å². The summed E-state index contributed by atoms with van der Waals surface area (Å²) in [7, 11) is 0. The maximum absolute atomic E-state index is 3.47. The molecule has 0 unspecified atom stereocenters. The van der Waals surface area contributed by atoms with Crippen molar-refractivity contribution in [3.63, 3.8) is 0 Å². The Labute approximate surface area is 101 Å². The van der Waals surface area contributed by atoms with Crippen LogP contribution in [0.3, 0.4) is 0 Å². The van der Waals surface area contributed by atoms with Crippen molar-refractivity contribution >= 4 is 10.9 Å². The van der Waals surface area contributed by atoms with Crippen LogP contribution in [0.1, 0.15) is 16.8 Å². The summed E-state index contributed by atoms with van der Waals surface area (Å²) in [5, 5.41) is 1.30. The van der Waals surface area contributed by atoms with E-state index in [4.69, 9.17) is 0 Å². The molecule has 17 heavy (non-hydrogen) atoms. The highest BCUT2D eigenvalue weighted by Crippen LogP contribution is 2.18. The predicted octanol–water partition coefficient (Wildman–Crippen LogP) is 4.07. The summed E-state index contributed by atoms with van der Waals surface area (Å²) in [4.78, 5) is 3.47. The van der Waals surface area contributed by atoms with E-state index in [-0.39, 0.29) is 0 Å². The van der Waals surface area contributed by atoms with Gasteiger partial charge in [-0.25, -0.2) is 0 Å².